The molecule has 1 atom stereocenters. The summed E-state index contributed by atoms with van der Waals surface area (Å²) in [5, 5.41) is 5.78. The summed E-state index contributed by atoms with van der Waals surface area (Å²) in [5.41, 5.74) is 2.83. The van der Waals surface area contributed by atoms with E-state index in [4.69, 9.17) is 0 Å². The molecule has 25 heavy (non-hydrogen) atoms. The molecular weight excluding hydrogens is 312 g/mol. The predicted molar refractivity (Wildman–Crippen MR) is 97.7 cm³/mol. The number of hydrogen-bond acceptors (Lipinski definition) is 3. The van der Waals surface area contributed by atoms with Gasteiger partial charge in [0.15, 0.2) is 5.78 Å². The smallest absolute Gasteiger partial charge is 0.242 e. The normalized spacial score (nSPS) is 21.2. The number of benzene rings is 2. The Bertz CT molecular complexity index is 892. The standard InChI is InChI=1S/C21H22N2O2/c1-22(2)23-18-11-6-12-19(24)21(18)17(13-20(23)25)16-10-5-8-14-7-3-4-9-15(14)16/h3-5,7-10,17H,6,11-13H2,1-2H3. The van der Waals surface area contributed by atoms with Gasteiger partial charge in [-0.2, -0.15) is 0 Å². The molecule has 0 radical (unpaired) electrons. The molecule has 128 valence electrons. The molecule has 2 aromatic carbocycles. The van der Waals surface area contributed by atoms with Crippen LogP contribution in [0.4, 0.5) is 0 Å². The van der Waals surface area contributed by atoms with Gasteiger partial charge in [-0.3, -0.25) is 9.59 Å². The van der Waals surface area contributed by atoms with Crippen LogP contribution in [0.2, 0.25) is 0 Å². The van der Waals surface area contributed by atoms with E-state index in [1.807, 2.05) is 32.3 Å². The van der Waals surface area contributed by atoms with E-state index >= 15 is 0 Å². The van der Waals surface area contributed by atoms with Gasteiger partial charge >= 0.3 is 0 Å². The van der Waals surface area contributed by atoms with Gasteiger partial charge in [0.25, 0.3) is 0 Å². The topological polar surface area (TPSA) is 40.6 Å². The number of hydrogen-bond donors (Lipinski definition) is 0. The van der Waals surface area contributed by atoms with Crippen molar-refractivity contribution in [2.45, 2.75) is 31.6 Å². The van der Waals surface area contributed by atoms with Crippen molar-refractivity contribution >= 4 is 22.5 Å². The summed E-state index contributed by atoms with van der Waals surface area (Å²) in [6.07, 6.45) is 2.52. The van der Waals surface area contributed by atoms with Crippen LogP contribution in [0.25, 0.3) is 10.8 Å². The second-order valence-electron chi connectivity index (χ2n) is 7.01. The lowest BCUT2D eigenvalue weighted by atomic mass is 9.76. The van der Waals surface area contributed by atoms with Gasteiger partial charge in [0, 0.05) is 44.1 Å². The first-order valence-corrected chi connectivity index (χ1v) is 8.82. The zero-order valence-corrected chi connectivity index (χ0v) is 14.7. The summed E-state index contributed by atoms with van der Waals surface area (Å²) in [5.74, 6) is 0.118. The van der Waals surface area contributed by atoms with Gasteiger partial charge in [0.05, 0.1) is 0 Å². The fourth-order valence-electron chi connectivity index (χ4n) is 4.26. The highest BCUT2D eigenvalue weighted by Gasteiger charge is 2.40. The molecule has 2 aliphatic rings. The maximum atomic E-state index is 12.9. The number of allylic oxidation sites excluding steroid dienone is 2. The molecule has 1 aliphatic heterocycles. The minimum absolute atomic E-state index is 0.0661. The Morgan fingerprint density at radius 3 is 2.56 bits per heavy atom. The summed E-state index contributed by atoms with van der Waals surface area (Å²) in [4.78, 5) is 25.7. The number of fused-ring (bicyclic) bond motifs is 1. The maximum Gasteiger partial charge on any atom is 0.242 e. The van der Waals surface area contributed by atoms with Crippen molar-refractivity contribution in [3.05, 3.63) is 59.3 Å². The molecule has 1 amide bonds. The largest absolute Gasteiger partial charge is 0.294 e. The van der Waals surface area contributed by atoms with Crippen molar-refractivity contribution < 1.29 is 9.59 Å². The molecule has 0 N–H and O–H groups in total. The second kappa shape index (κ2) is 6.12. The molecule has 1 aliphatic carbocycles. The van der Waals surface area contributed by atoms with Gasteiger partial charge in [-0.05, 0) is 29.2 Å². The molecule has 4 heteroatoms. The number of carbonyl (C=O) groups excluding carboxylic acids is 2. The van der Waals surface area contributed by atoms with Crippen molar-refractivity contribution in [3.63, 3.8) is 0 Å². The summed E-state index contributed by atoms with van der Waals surface area (Å²) in [6, 6.07) is 14.4. The van der Waals surface area contributed by atoms with Gasteiger partial charge in [0.1, 0.15) is 0 Å². The first-order chi connectivity index (χ1) is 12.1. The van der Waals surface area contributed by atoms with Gasteiger partial charge in [-0.1, -0.05) is 42.5 Å². The molecule has 1 unspecified atom stereocenters. The van der Waals surface area contributed by atoms with Gasteiger partial charge in [0.2, 0.25) is 5.91 Å². The minimum atomic E-state index is -0.141. The van der Waals surface area contributed by atoms with Crippen LogP contribution in [0.15, 0.2) is 53.7 Å². The molecule has 0 aromatic heterocycles. The van der Waals surface area contributed by atoms with Crippen LogP contribution < -0.4 is 0 Å². The van der Waals surface area contributed by atoms with E-state index in [-0.39, 0.29) is 17.6 Å². The number of carbonyl (C=O) groups is 2. The van der Waals surface area contributed by atoms with E-state index in [2.05, 4.69) is 24.3 Å². The van der Waals surface area contributed by atoms with Crippen molar-refractivity contribution in [2.75, 3.05) is 14.1 Å². The van der Waals surface area contributed by atoms with Crippen molar-refractivity contribution in [2.24, 2.45) is 0 Å². The first-order valence-electron chi connectivity index (χ1n) is 8.82. The average Bonchev–Trinajstić information content (AvgIpc) is 2.60. The van der Waals surface area contributed by atoms with Gasteiger partial charge in [-0.25, -0.2) is 10.0 Å². The number of amides is 1. The van der Waals surface area contributed by atoms with Crippen molar-refractivity contribution in [1.82, 2.24) is 10.0 Å². The second-order valence-corrected chi connectivity index (χ2v) is 7.01. The van der Waals surface area contributed by atoms with Crippen LogP contribution in [0, 0.1) is 0 Å². The fraction of sp³-hybridized carbons (Fsp3) is 0.333. The van der Waals surface area contributed by atoms with Crippen LogP contribution in [0.1, 0.15) is 37.2 Å². The lowest BCUT2D eigenvalue weighted by molar-refractivity contribution is -0.143. The number of ketones is 1. The first kappa shape index (κ1) is 16.0. The maximum absolute atomic E-state index is 12.9. The fourth-order valence-corrected chi connectivity index (χ4v) is 4.26. The Morgan fingerprint density at radius 2 is 1.76 bits per heavy atom. The Labute approximate surface area is 147 Å². The molecular formula is C21H22N2O2. The minimum Gasteiger partial charge on any atom is -0.294 e. The molecule has 1 heterocycles. The lowest BCUT2D eigenvalue weighted by Crippen LogP contribution is -2.47. The predicted octanol–water partition coefficient (Wildman–Crippen LogP) is 3.64. The summed E-state index contributed by atoms with van der Waals surface area (Å²) < 4.78 is 0. The van der Waals surface area contributed by atoms with Gasteiger partial charge < -0.3 is 0 Å². The van der Waals surface area contributed by atoms with E-state index in [1.54, 1.807) is 10.0 Å². The van der Waals surface area contributed by atoms with E-state index in [1.165, 1.54) is 0 Å². The van der Waals surface area contributed by atoms with E-state index in [0.29, 0.717) is 12.8 Å². The molecule has 0 saturated carbocycles. The highest BCUT2D eigenvalue weighted by molar-refractivity contribution is 6.02. The number of rotatable bonds is 2. The van der Waals surface area contributed by atoms with E-state index in [9.17, 15) is 9.59 Å². The van der Waals surface area contributed by atoms with E-state index < -0.39 is 0 Å². The summed E-state index contributed by atoms with van der Waals surface area (Å²) in [7, 11) is 3.72. The third-order valence-electron chi connectivity index (χ3n) is 5.25. The van der Waals surface area contributed by atoms with E-state index in [0.717, 1.165) is 40.4 Å². The quantitative estimate of drug-likeness (QED) is 0.842. The van der Waals surface area contributed by atoms with Crippen LogP contribution in [-0.4, -0.2) is 35.8 Å². The van der Waals surface area contributed by atoms with Crippen molar-refractivity contribution in [1.29, 1.82) is 0 Å². The van der Waals surface area contributed by atoms with Crippen molar-refractivity contribution in [3.8, 4) is 0 Å². The Kier molecular flexibility index (Phi) is 3.92. The molecule has 4 rings (SSSR count). The molecule has 4 nitrogen and oxygen atoms in total. The van der Waals surface area contributed by atoms with Crippen LogP contribution >= 0.6 is 0 Å². The average molecular weight is 334 g/mol. The SMILES string of the molecule is CN(C)N1C(=O)CC(c2cccc3ccccc23)C2=C1CCCC2=O. The monoisotopic (exact) mass is 334 g/mol. The summed E-state index contributed by atoms with van der Waals surface area (Å²) in [6.45, 7) is 0. The Hall–Kier alpha value is -2.46. The zero-order chi connectivity index (χ0) is 17.6. The van der Waals surface area contributed by atoms with Gasteiger partial charge in [-0.15, -0.1) is 0 Å². The molecule has 0 saturated heterocycles. The summed E-state index contributed by atoms with van der Waals surface area (Å²) >= 11 is 0. The molecule has 2 aromatic rings. The van der Waals surface area contributed by atoms with Crippen LogP contribution in [0.3, 0.4) is 0 Å². The highest BCUT2D eigenvalue weighted by Crippen LogP contribution is 2.43. The van der Waals surface area contributed by atoms with Crippen LogP contribution in [0.5, 0.6) is 0 Å². The zero-order valence-electron chi connectivity index (χ0n) is 14.7. The number of nitrogens with zero attached hydrogens (tertiary/aromatic N) is 2. The number of hydrazine groups is 1. The Balaban J connectivity index is 1.93. The third-order valence-corrected chi connectivity index (χ3v) is 5.25. The molecule has 0 bridgehead atoms. The third kappa shape index (κ3) is 2.57. The van der Waals surface area contributed by atoms with Crippen LogP contribution in [-0.2, 0) is 9.59 Å². The molecule has 0 fully saturated rings. The highest BCUT2D eigenvalue weighted by atomic mass is 16.2. The Morgan fingerprint density at radius 1 is 1.00 bits per heavy atom. The number of Topliss-reactive ketones (excluding diaryl/α,β-unsaturated/α-hetero) is 1. The molecule has 0 spiro atoms. The lowest BCUT2D eigenvalue weighted by Gasteiger charge is -2.41.